The van der Waals surface area contributed by atoms with E-state index in [4.69, 9.17) is 4.74 Å². The minimum Gasteiger partial charge on any atom is -0.379 e. The highest BCUT2D eigenvalue weighted by atomic mass is 16.5. The number of hydrogen-bond donors (Lipinski definition) is 1. The fourth-order valence-corrected chi connectivity index (χ4v) is 2.26. The number of aryl methyl sites for hydroxylation is 1. The van der Waals surface area contributed by atoms with Crippen LogP contribution in [0.3, 0.4) is 0 Å². The molecule has 1 N–H and O–H groups in total. The molecular weight excluding hydrogens is 214 g/mol. The van der Waals surface area contributed by atoms with Crippen molar-refractivity contribution in [2.45, 2.75) is 19.4 Å². The van der Waals surface area contributed by atoms with Crippen LogP contribution in [0, 0.1) is 5.92 Å². The van der Waals surface area contributed by atoms with E-state index in [0.717, 1.165) is 12.0 Å². The lowest BCUT2D eigenvalue weighted by Crippen LogP contribution is -2.37. The lowest BCUT2D eigenvalue weighted by atomic mass is 9.92. The van der Waals surface area contributed by atoms with Crippen LogP contribution in [0.15, 0.2) is 24.3 Å². The van der Waals surface area contributed by atoms with Crippen LogP contribution >= 0.6 is 0 Å². The molecule has 3 heteroatoms. The predicted molar refractivity (Wildman–Crippen MR) is 67.3 cm³/mol. The Labute approximate surface area is 102 Å². The molecule has 1 aliphatic heterocycles. The number of ketones is 1. The molecule has 3 nitrogen and oxygen atoms in total. The van der Waals surface area contributed by atoms with Crippen molar-refractivity contribution >= 4 is 5.78 Å². The van der Waals surface area contributed by atoms with Gasteiger partial charge in [0.25, 0.3) is 0 Å². The molecule has 0 amide bonds. The monoisotopic (exact) mass is 233 g/mol. The second-order valence-electron chi connectivity index (χ2n) is 4.46. The maximum atomic E-state index is 12.4. The second-order valence-corrected chi connectivity index (χ2v) is 4.46. The van der Waals surface area contributed by atoms with Crippen molar-refractivity contribution in [3.05, 3.63) is 35.4 Å². The third-order valence-electron chi connectivity index (χ3n) is 3.41. The zero-order valence-electron chi connectivity index (χ0n) is 10.4. The summed E-state index contributed by atoms with van der Waals surface area (Å²) in [6, 6.07) is 8.04. The van der Waals surface area contributed by atoms with Crippen LogP contribution in [0.25, 0.3) is 0 Å². The number of hydrogen-bond acceptors (Lipinski definition) is 3. The van der Waals surface area contributed by atoms with Gasteiger partial charge in [-0.25, -0.2) is 0 Å². The Bertz CT molecular complexity index is 403. The normalized spacial score (nSPS) is 23.9. The summed E-state index contributed by atoms with van der Waals surface area (Å²) in [4.78, 5) is 12.4. The number of ether oxygens (including phenoxy) is 1. The summed E-state index contributed by atoms with van der Waals surface area (Å²) in [7, 11) is 1.88. The first-order valence-electron chi connectivity index (χ1n) is 6.14. The van der Waals surface area contributed by atoms with Crippen molar-refractivity contribution in [1.29, 1.82) is 0 Å². The smallest absolute Gasteiger partial charge is 0.169 e. The van der Waals surface area contributed by atoms with Crippen LogP contribution in [0.2, 0.25) is 0 Å². The van der Waals surface area contributed by atoms with Gasteiger partial charge in [-0.2, -0.15) is 0 Å². The molecule has 0 radical (unpaired) electrons. The number of benzene rings is 1. The molecule has 92 valence electrons. The molecule has 1 aliphatic rings. The Balaban J connectivity index is 2.18. The first kappa shape index (κ1) is 12.3. The van der Waals surface area contributed by atoms with E-state index in [1.54, 1.807) is 0 Å². The van der Waals surface area contributed by atoms with Gasteiger partial charge in [0, 0.05) is 11.6 Å². The summed E-state index contributed by atoms with van der Waals surface area (Å²) in [5, 5.41) is 3.15. The molecule has 0 saturated carbocycles. The van der Waals surface area contributed by atoms with Gasteiger partial charge in [0.15, 0.2) is 5.78 Å². The third kappa shape index (κ3) is 2.56. The van der Waals surface area contributed by atoms with Crippen LogP contribution in [0.5, 0.6) is 0 Å². The number of carbonyl (C=O) groups is 1. The largest absolute Gasteiger partial charge is 0.379 e. The standard InChI is InChI=1S/C14H19NO2/c1-3-10-5-4-6-11(7-10)14(16)12-8-17-9-13(12)15-2/h4-7,12-13,15H,3,8-9H2,1-2H3. The summed E-state index contributed by atoms with van der Waals surface area (Å²) < 4.78 is 5.38. The highest BCUT2D eigenvalue weighted by Gasteiger charge is 2.33. The van der Waals surface area contributed by atoms with Gasteiger partial charge in [-0.05, 0) is 25.1 Å². The minimum atomic E-state index is -0.0490. The maximum absolute atomic E-state index is 12.4. The highest BCUT2D eigenvalue weighted by molar-refractivity contribution is 5.98. The van der Waals surface area contributed by atoms with Gasteiger partial charge in [-0.1, -0.05) is 25.1 Å². The number of Topliss-reactive ketones (excluding diaryl/α,β-unsaturated/α-hetero) is 1. The Morgan fingerprint density at radius 3 is 3.00 bits per heavy atom. The van der Waals surface area contributed by atoms with Crippen molar-refractivity contribution in [2.24, 2.45) is 5.92 Å². The topological polar surface area (TPSA) is 38.3 Å². The van der Waals surface area contributed by atoms with Gasteiger partial charge in [0.2, 0.25) is 0 Å². The van der Waals surface area contributed by atoms with Gasteiger partial charge in [-0.15, -0.1) is 0 Å². The van der Waals surface area contributed by atoms with Crippen LogP contribution in [-0.4, -0.2) is 32.1 Å². The Kier molecular flexibility index (Phi) is 3.92. The fraction of sp³-hybridized carbons (Fsp3) is 0.500. The summed E-state index contributed by atoms with van der Waals surface area (Å²) in [6.07, 6.45) is 0.956. The minimum absolute atomic E-state index is 0.0490. The number of carbonyl (C=O) groups excluding carboxylic acids is 1. The summed E-state index contributed by atoms with van der Waals surface area (Å²) in [5.41, 5.74) is 2.01. The average molecular weight is 233 g/mol. The zero-order chi connectivity index (χ0) is 12.3. The van der Waals surface area contributed by atoms with Crippen LogP contribution in [0.4, 0.5) is 0 Å². The Hall–Kier alpha value is -1.19. The van der Waals surface area contributed by atoms with Crippen molar-refractivity contribution in [3.8, 4) is 0 Å². The molecule has 0 aliphatic carbocycles. The fourth-order valence-electron chi connectivity index (χ4n) is 2.26. The molecule has 17 heavy (non-hydrogen) atoms. The van der Waals surface area contributed by atoms with Crippen molar-refractivity contribution in [1.82, 2.24) is 5.32 Å². The maximum Gasteiger partial charge on any atom is 0.169 e. The Morgan fingerprint density at radius 2 is 2.29 bits per heavy atom. The molecule has 1 heterocycles. The van der Waals surface area contributed by atoms with Gasteiger partial charge >= 0.3 is 0 Å². The van der Waals surface area contributed by atoms with Gasteiger partial charge in [0.05, 0.1) is 19.1 Å². The molecule has 2 atom stereocenters. The van der Waals surface area contributed by atoms with Crippen LogP contribution in [-0.2, 0) is 11.2 Å². The highest BCUT2D eigenvalue weighted by Crippen LogP contribution is 2.19. The molecule has 1 saturated heterocycles. The molecule has 1 fully saturated rings. The van der Waals surface area contributed by atoms with E-state index < -0.39 is 0 Å². The molecule has 0 aromatic heterocycles. The molecule has 2 unspecified atom stereocenters. The molecule has 0 bridgehead atoms. The van der Waals surface area contributed by atoms with E-state index in [1.165, 1.54) is 5.56 Å². The van der Waals surface area contributed by atoms with E-state index in [-0.39, 0.29) is 17.7 Å². The third-order valence-corrected chi connectivity index (χ3v) is 3.41. The number of nitrogens with one attached hydrogen (secondary N) is 1. The van der Waals surface area contributed by atoms with E-state index in [1.807, 2.05) is 25.2 Å². The summed E-state index contributed by atoms with van der Waals surface area (Å²) in [5.74, 6) is 0.143. The van der Waals surface area contributed by atoms with Crippen molar-refractivity contribution in [2.75, 3.05) is 20.3 Å². The van der Waals surface area contributed by atoms with E-state index in [2.05, 4.69) is 18.3 Å². The quantitative estimate of drug-likeness (QED) is 0.804. The SMILES string of the molecule is CCc1cccc(C(=O)C2COCC2NC)c1. The second kappa shape index (κ2) is 5.43. The van der Waals surface area contributed by atoms with Crippen LogP contribution in [0.1, 0.15) is 22.8 Å². The molecule has 1 aromatic carbocycles. The Morgan fingerprint density at radius 1 is 1.47 bits per heavy atom. The summed E-state index contributed by atoms with van der Waals surface area (Å²) in [6.45, 7) is 3.25. The zero-order valence-corrected chi connectivity index (χ0v) is 10.4. The van der Waals surface area contributed by atoms with E-state index in [0.29, 0.717) is 13.2 Å². The molecule has 2 rings (SSSR count). The average Bonchev–Trinajstić information content (AvgIpc) is 2.86. The van der Waals surface area contributed by atoms with Crippen LogP contribution < -0.4 is 5.32 Å². The lowest BCUT2D eigenvalue weighted by molar-refractivity contribution is 0.0892. The van der Waals surface area contributed by atoms with Crippen molar-refractivity contribution < 1.29 is 9.53 Å². The van der Waals surface area contributed by atoms with Gasteiger partial charge in [0.1, 0.15) is 0 Å². The first-order chi connectivity index (χ1) is 8.26. The van der Waals surface area contributed by atoms with E-state index in [9.17, 15) is 4.79 Å². The molecule has 1 aromatic rings. The van der Waals surface area contributed by atoms with Gasteiger partial charge in [-0.3, -0.25) is 4.79 Å². The molecule has 0 spiro atoms. The van der Waals surface area contributed by atoms with Gasteiger partial charge < -0.3 is 10.1 Å². The van der Waals surface area contributed by atoms with Crippen molar-refractivity contribution in [3.63, 3.8) is 0 Å². The predicted octanol–water partition coefficient (Wildman–Crippen LogP) is 1.67. The summed E-state index contributed by atoms with van der Waals surface area (Å²) >= 11 is 0. The molecular formula is C14H19NO2. The number of rotatable bonds is 4. The first-order valence-corrected chi connectivity index (χ1v) is 6.14. The number of likely N-dealkylation sites (N-methyl/N-ethyl adjacent to an activating group) is 1. The lowest BCUT2D eigenvalue weighted by Gasteiger charge is -2.15. The van der Waals surface area contributed by atoms with E-state index >= 15 is 0 Å².